The van der Waals surface area contributed by atoms with Crippen molar-refractivity contribution in [2.24, 2.45) is 0 Å². The van der Waals surface area contributed by atoms with Crippen LogP contribution in [0.3, 0.4) is 0 Å². The fourth-order valence-electron chi connectivity index (χ4n) is 1.08. The van der Waals surface area contributed by atoms with Gasteiger partial charge in [-0.15, -0.1) is 10.1 Å². The summed E-state index contributed by atoms with van der Waals surface area (Å²) in [6, 6.07) is 5.53. The number of nitro groups is 1. The molecular formula is C8H8N2O5. The van der Waals surface area contributed by atoms with Crippen molar-refractivity contribution >= 4 is 5.69 Å². The van der Waals surface area contributed by atoms with Gasteiger partial charge in [-0.2, -0.15) is 0 Å². The Kier molecular flexibility index (Phi) is 3.17. The highest BCUT2D eigenvalue weighted by molar-refractivity contribution is 5.35. The van der Waals surface area contributed by atoms with Gasteiger partial charge in [0.1, 0.15) is 6.10 Å². The first kappa shape index (κ1) is 10.9. The van der Waals surface area contributed by atoms with Gasteiger partial charge in [0.2, 0.25) is 0 Å². The molecule has 0 aliphatic heterocycles. The Hall–Kier alpha value is -2.18. The molecule has 7 heteroatoms. The van der Waals surface area contributed by atoms with E-state index in [4.69, 9.17) is 0 Å². The summed E-state index contributed by atoms with van der Waals surface area (Å²) in [5.74, 6) is 0. The maximum atomic E-state index is 10.4. The lowest BCUT2D eigenvalue weighted by Crippen LogP contribution is -2.06. The number of rotatable bonds is 4. The molecule has 0 saturated heterocycles. The Labute approximate surface area is 84.5 Å². The largest absolute Gasteiger partial charge is 0.306 e. The van der Waals surface area contributed by atoms with Crippen LogP contribution < -0.4 is 0 Å². The number of hydrogen-bond acceptors (Lipinski definition) is 5. The van der Waals surface area contributed by atoms with Gasteiger partial charge in [-0.25, -0.2) is 0 Å². The molecule has 1 aromatic carbocycles. The molecule has 0 radical (unpaired) electrons. The Morgan fingerprint density at radius 2 is 2.00 bits per heavy atom. The molecule has 80 valence electrons. The molecule has 0 aromatic heterocycles. The van der Waals surface area contributed by atoms with Crippen LogP contribution >= 0.6 is 0 Å². The summed E-state index contributed by atoms with van der Waals surface area (Å²) >= 11 is 0. The third kappa shape index (κ3) is 2.90. The summed E-state index contributed by atoms with van der Waals surface area (Å²) < 4.78 is 0. The first-order chi connectivity index (χ1) is 7.00. The molecule has 1 atom stereocenters. The number of nitro benzene ring substituents is 1. The first-order valence-corrected chi connectivity index (χ1v) is 4.06. The minimum atomic E-state index is -0.927. The molecule has 1 aromatic rings. The zero-order valence-corrected chi connectivity index (χ0v) is 7.82. The van der Waals surface area contributed by atoms with Gasteiger partial charge in [0.15, 0.2) is 0 Å². The molecule has 7 nitrogen and oxygen atoms in total. The molecule has 0 amide bonds. The molecule has 15 heavy (non-hydrogen) atoms. The monoisotopic (exact) mass is 212 g/mol. The highest BCUT2D eigenvalue weighted by Gasteiger charge is 2.13. The maximum absolute atomic E-state index is 10.4. The zero-order valence-electron chi connectivity index (χ0n) is 7.82. The van der Waals surface area contributed by atoms with Crippen LogP contribution in [0.2, 0.25) is 0 Å². The topological polar surface area (TPSA) is 95.5 Å². The van der Waals surface area contributed by atoms with Gasteiger partial charge in [0, 0.05) is 12.1 Å². The predicted molar refractivity (Wildman–Crippen MR) is 49.6 cm³/mol. The standard InChI is InChI=1S/C8H8N2O5/c1-6(15-10(13)14)7-3-2-4-8(5-7)9(11)12/h2-6H,1H3/t6-/m0/s1. The number of hydrogen-bond donors (Lipinski definition) is 0. The van der Waals surface area contributed by atoms with Crippen molar-refractivity contribution in [2.75, 3.05) is 0 Å². The van der Waals surface area contributed by atoms with Crippen LogP contribution in [0.5, 0.6) is 0 Å². The third-order valence-corrected chi connectivity index (χ3v) is 1.79. The molecule has 0 spiro atoms. The van der Waals surface area contributed by atoms with Gasteiger partial charge in [-0.05, 0) is 12.5 Å². The van der Waals surface area contributed by atoms with Gasteiger partial charge >= 0.3 is 0 Å². The highest BCUT2D eigenvalue weighted by Crippen LogP contribution is 2.21. The molecule has 0 heterocycles. The predicted octanol–water partition coefficient (Wildman–Crippen LogP) is 1.86. The smallest absolute Gasteiger partial charge is 0.295 e. The van der Waals surface area contributed by atoms with E-state index in [-0.39, 0.29) is 5.69 Å². The second-order valence-corrected chi connectivity index (χ2v) is 2.82. The molecule has 0 saturated carbocycles. The Bertz CT molecular complexity index is 392. The third-order valence-electron chi connectivity index (χ3n) is 1.79. The molecule has 0 fully saturated rings. The van der Waals surface area contributed by atoms with Crippen LogP contribution in [0, 0.1) is 20.2 Å². The molecule has 0 aliphatic carbocycles. The van der Waals surface area contributed by atoms with Crippen molar-refractivity contribution in [2.45, 2.75) is 13.0 Å². The zero-order chi connectivity index (χ0) is 11.4. The maximum Gasteiger partial charge on any atom is 0.295 e. The molecule has 0 bridgehead atoms. The summed E-state index contributed by atoms with van der Waals surface area (Å²) in [5, 5.41) is 19.6. The van der Waals surface area contributed by atoms with Crippen molar-refractivity contribution in [3.8, 4) is 0 Å². The van der Waals surface area contributed by atoms with Crippen molar-refractivity contribution in [3.05, 3.63) is 50.1 Å². The van der Waals surface area contributed by atoms with E-state index in [1.807, 2.05) is 0 Å². The Morgan fingerprint density at radius 3 is 2.53 bits per heavy atom. The van der Waals surface area contributed by atoms with E-state index in [9.17, 15) is 20.2 Å². The summed E-state index contributed by atoms with van der Waals surface area (Å²) in [6.07, 6.45) is -0.820. The van der Waals surface area contributed by atoms with E-state index in [2.05, 4.69) is 4.84 Å². The molecule has 0 N–H and O–H groups in total. The minimum Gasteiger partial charge on any atom is -0.306 e. The second-order valence-electron chi connectivity index (χ2n) is 2.82. The first-order valence-electron chi connectivity index (χ1n) is 4.06. The minimum absolute atomic E-state index is 0.119. The fraction of sp³-hybridized carbons (Fsp3) is 0.250. The molecule has 0 aliphatic rings. The van der Waals surface area contributed by atoms with Crippen LogP contribution in [-0.2, 0) is 4.84 Å². The van der Waals surface area contributed by atoms with E-state index in [1.54, 1.807) is 0 Å². The van der Waals surface area contributed by atoms with Gasteiger partial charge in [-0.3, -0.25) is 10.1 Å². The summed E-state index contributed by atoms with van der Waals surface area (Å²) in [4.78, 5) is 24.2. The Morgan fingerprint density at radius 1 is 1.33 bits per heavy atom. The van der Waals surface area contributed by atoms with E-state index >= 15 is 0 Å². The summed E-state index contributed by atoms with van der Waals surface area (Å²) in [5.41, 5.74) is 0.271. The van der Waals surface area contributed by atoms with Gasteiger partial charge in [-0.1, -0.05) is 12.1 Å². The lowest BCUT2D eigenvalue weighted by Gasteiger charge is -2.08. The van der Waals surface area contributed by atoms with Crippen molar-refractivity contribution in [3.63, 3.8) is 0 Å². The fourth-order valence-corrected chi connectivity index (χ4v) is 1.08. The molecule has 1 rings (SSSR count). The lowest BCUT2D eigenvalue weighted by atomic mass is 10.1. The van der Waals surface area contributed by atoms with E-state index in [0.717, 1.165) is 0 Å². The van der Waals surface area contributed by atoms with E-state index in [1.165, 1.54) is 31.2 Å². The van der Waals surface area contributed by atoms with Crippen LogP contribution in [0.1, 0.15) is 18.6 Å². The number of nitrogens with zero attached hydrogens (tertiary/aromatic N) is 2. The van der Waals surface area contributed by atoms with Crippen molar-refractivity contribution in [1.82, 2.24) is 0 Å². The summed E-state index contributed by atoms with van der Waals surface area (Å²) in [6.45, 7) is 1.45. The summed E-state index contributed by atoms with van der Waals surface area (Å²) in [7, 11) is 0. The Balaban J connectivity index is 2.89. The van der Waals surface area contributed by atoms with E-state index < -0.39 is 16.1 Å². The SMILES string of the molecule is C[C@H](O[N+](=O)[O-])c1cccc([N+](=O)[O-])c1. The lowest BCUT2D eigenvalue weighted by molar-refractivity contribution is -0.770. The molecule has 0 unspecified atom stereocenters. The highest BCUT2D eigenvalue weighted by atomic mass is 17.0. The molecular weight excluding hydrogens is 204 g/mol. The average Bonchev–Trinajstić information content (AvgIpc) is 2.17. The van der Waals surface area contributed by atoms with Gasteiger partial charge in [0.25, 0.3) is 10.8 Å². The van der Waals surface area contributed by atoms with Crippen LogP contribution in [0.15, 0.2) is 24.3 Å². The quantitative estimate of drug-likeness (QED) is 0.560. The number of benzene rings is 1. The number of non-ortho nitro benzene ring substituents is 1. The van der Waals surface area contributed by atoms with Gasteiger partial charge < -0.3 is 4.84 Å². The van der Waals surface area contributed by atoms with Crippen molar-refractivity contribution in [1.29, 1.82) is 0 Å². The average molecular weight is 212 g/mol. The van der Waals surface area contributed by atoms with E-state index in [0.29, 0.717) is 5.56 Å². The van der Waals surface area contributed by atoms with Crippen LogP contribution in [-0.4, -0.2) is 10.0 Å². The normalized spacial score (nSPS) is 11.8. The van der Waals surface area contributed by atoms with Crippen LogP contribution in [0.25, 0.3) is 0 Å². The van der Waals surface area contributed by atoms with Crippen LogP contribution in [0.4, 0.5) is 5.69 Å². The van der Waals surface area contributed by atoms with Gasteiger partial charge in [0.05, 0.1) is 4.92 Å². The second kappa shape index (κ2) is 4.36. The van der Waals surface area contributed by atoms with Crippen molar-refractivity contribution < 1.29 is 14.8 Å².